The van der Waals surface area contributed by atoms with Gasteiger partial charge in [-0.05, 0) is 25.2 Å². The molecule has 2 rings (SSSR count). The number of hydrogen-bond donors (Lipinski definition) is 3. The van der Waals surface area contributed by atoms with E-state index in [1.165, 1.54) is 0 Å². The third kappa shape index (κ3) is 1.88. The predicted octanol–water partition coefficient (Wildman–Crippen LogP) is 0.599. The minimum atomic E-state index is -0.755. The third-order valence-electron chi connectivity index (χ3n) is 3.96. The van der Waals surface area contributed by atoms with Crippen LogP contribution >= 0.6 is 0 Å². The molecule has 2 aliphatic rings. The summed E-state index contributed by atoms with van der Waals surface area (Å²) in [4.78, 5) is 11.0. The maximum absolute atomic E-state index is 11.0. The van der Waals surface area contributed by atoms with Crippen molar-refractivity contribution in [3.8, 4) is 0 Å². The van der Waals surface area contributed by atoms with Crippen LogP contribution in [0.5, 0.6) is 0 Å². The molecule has 0 spiro atoms. The van der Waals surface area contributed by atoms with Gasteiger partial charge in [0.05, 0.1) is 6.10 Å². The van der Waals surface area contributed by atoms with Crippen LogP contribution in [0.4, 0.5) is 0 Å². The first-order valence-corrected chi connectivity index (χ1v) is 5.60. The number of carboxylic acid groups (broad SMARTS) is 1. The van der Waals surface area contributed by atoms with Crippen LogP contribution in [0.3, 0.4) is 0 Å². The minimum Gasteiger partial charge on any atom is -0.480 e. The second kappa shape index (κ2) is 3.46. The summed E-state index contributed by atoms with van der Waals surface area (Å²) in [6.07, 6.45) is 2.40. The molecule has 3 N–H and O–H groups in total. The minimum absolute atomic E-state index is 0.134. The van der Waals surface area contributed by atoms with Gasteiger partial charge in [-0.15, -0.1) is 0 Å². The largest absolute Gasteiger partial charge is 0.480 e. The highest BCUT2D eigenvalue weighted by atomic mass is 16.4. The molecular weight excluding hydrogens is 194 g/mol. The second-order valence-corrected chi connectivity index (χ2v) is 5.45. The van der Waals surface area contributed by atoms with E-state index in [1.54, 1.807) is 0 Å². The topological polar surface area (TPSA) is 69.6 Å². The van der Waals surface area contributed by atoms with Crippen molar-refractivity contribution in [2.24, 2.45) is 11.3 Å². The van der Waals surface area contributed by atoms with E-state index in [2.05, 4.69) is 5.32 Å². The zero-order valence-corrected chi connectivity index (χ0v) is 9.23. The van der Waals surface area contributed by atoms with Crippen LogP contribution in [0.25, 0.3) is 0 Å². The SMILES string of the molecule is CC1(C)C(O)CC1NC(C(=O)O)C1CC1. The normalized spacial score (nSPS) is 35.7. The first kappa shape index (κ1) is 10.9. The Balaban J connectivity index is 1.93. The molecule has 0 heterocycles. The quantitative estimate of drug-likeness (QED) is 0.639. The Bertz CT molecular complexity index is 273. The summed E-state index contributed by atoms with van der Waals surface area (Å²) in [6, 6.07) is -0.282. The predicted molar refractivity (Wildman–Crippen MR) is 55.5 cm³/mol. The number of hydrogen-bond acceptors (Lipinski definition) is 3. The molecule has 15 heavy (non-hydrogen) atoms. The van der Waals surface area contributed by atoms with E-state index in [-0.39, 0.29) is 17.6 Å². The van der Waals surface area contributed by atoms with Gasteiger partial charge in [-0.25, -0.2) is 0 Å². The molecule has 4 nitrogen and oxygen atoms in total. The Morgan fingerprint density at radius 2 is 2.07 bits per heavy atom. The van der Waals surface area contributed by atoms with E-state index < -0.39 is 12.0 Å². The summed E-state index contributed by atoms with van der Waals surface area (Å²) in [6.45, 7) is 3.95. The van der Waals surface area contributed by atoms with Crippen molar-refractivity contribution in [2.45, 2.75) is 51.3 Å². The average molecular weight is 213 g/mol. The Labute approximate surface area is 89.7 Å². The van der Waals surface area contributed by atoms with Gasteiger partial charge in [0.15, 0.2) is 0 Å². The van der Waals surface area contributed by atoms with E-state index in [4.69, 9.17) is 5.11 Å². The molecule has 0 amide bonds. The molecule has 2 saturated carbocycles. The van der Waals surface area contributed by atoms with Crippen molar-refractivity contribution in [3.63, 3.8) is 0 Å². The third-order valence-corrected chi connectivity index (χ3v) is 3.96. The monoisotopic (exact) mass is 213 g/mol. The van der Waals surface area contributed by atoms with Crippen LogP contribution in [-0.2, 0) is 4.79 Å². The number of aliphatic hydroxyl groups is 1. The standard InChI is InChI=1S/C11H19NO3/c1-11(2)7(5-8(11)13)12-9(10(14)15)6-3-4-6/h6-9,12-13H,3-5H2,1-2H3,(H,14,15). The lowest BCUT2D eigenvalue weighted by atomic mass is 9.64. The Hall–Kier alpha value is -0.610. The van der Waals surface area contributed by atoms with E-state index in [1.807, 2.05) is 13.8 Å². The van der Waals surface area contributed by atoms with Crippen LogP contribution in [0.1, 0.15) is 33.1 Å². The number of aliphatic carboxylic acids is 1. The smallest absolute Gasteiger partial charge is 0.320 e. The summed E-state index contributed by atoms with van der Waals surface area (Å²) >= 11 is 0. The number of carbonyl (C=O) groups is 1. The van der Waals surface area contributed by atoms with Gasteiger partial charge in [0, 0.05) is 11.5 Å². The molecule has 0 saturated heterocycles. The van der Waals surface area contributed by atoms with Gasteiger partial charge in [-0.3, -0.25) is 4.79 Å². The van der Waals surface area contributed by atoms with Gasteiger partial charge >= 0.3 is 5.97 Å². The Kier molecular flexibility index (Phi) is 2.51. The lowest BCUT2D eigenvalue weighted by molar-refractivity contribution is -0.142. The van der Waals surface area contributed by atoms with Crippen LogP contribution in [-0.4, -0.2) is 34.4 Å². The number of aliphatic hydroxyl groups excluding tert-OH is 1. The van der Waals surface area contributed by atoms with Gasteiger partial charge in [0.25, 0.3) is 0 Å². The summed E-state index contributed by atoms with van der Waals surface area (Å²) in [5.74, 6) is -0.453. The number of carboxylic acids is 1. The first-order chi connectivity index (χ1) is 6.93. The Morgan fingerprint density at radius 1 is 1.47 bits per heavy atom. The van der Waals surface area contributed by atoms with Gasteiger partial charge in [-0.2, -0.15) is 0 Å². The maximum atomic E-state index is 11.0. The molecule has 2 fully saturated rings. The van der Waals surface area contributed by atoms with Crippen molar-refractivity contribution in [3.05, 3.63) is 0 Å². The lowest BCUT2D eigenvalue weighted by Crippen LogP contribution is -2.63. The molecule has 0 aromatic heterocycles. The molecule has 0 aliphatic heterocycles. The Morgan fingerprint density at radius 3 is 2.40 bits per heavy atom. The molecule has 86 valence electrons. The molecule has 4 heteroatoms. The molecule has 0 radical (unpaired) electrons. The van der Waals surface area contributed by atoms with Crippen molar-refractivity contribution in [2.75, 3.05) is 0 Å². The molecule has 0 aromatic carbocycles. The molecule has 2 aliphatic carbocycles. The lowest BCUT2D eigenvalue weighted by Gasteiger charge is -2.50. The van der Waals surface area contributed by atoms with Crippen LogP contribution in [0.2, 0.25) is 0 Å². The summed E-state index contributed by atoms with van der Waals surface area (Å²) < 4.78 is 0. The fraction of sp³-hybridized carbons (Fsp3) is 0.909. The molecular formula is C11H19NO3. The van der Waals surface area contributed by atoms with Crippen molar-refractivity contribution < 1.29 is 15.0 Å². The zero-order chi connectivity index (χ0) is 11.2. The van der Waals surface area contributed by atoms with Crippen molar-refractivity contribution in [1.82, 2.24) is 5.32 Å². The van der Waals surface area contributed by atoms with Crippen LogP contribution in [0, 0.1) is 11.3 Å². The van der Waals surface area contributed by atoms with Crippen LogP contribution in [0.15, 0.2) is 0 Å². The molecule has 0 bridgehead atoms. The van der Waals surface area contributed by atoms with Crippen LogP contribution < -0.4 is 5.32 Å². The number of rotatable bonds is 4. The molecule has 0 aromatic rings. The summed E-state index contributed by atoms with van der Waals surface area (Å²) in [5, 5.41) is 21.8. The van der Waals surface area contributed by atoms with E-state index >= 15 is 0 Å². The van der Waals surface area contributed by atoms with Crippen molar-refractivity contribution in [1.29, 1.82) is 0 Å². The highest BCUT2D eigenvalue weighted by Crippen LogP contribution is 2.42. The van der Waals surface area contributed by atoms with Gasteiger partial charge in [-0.1, -0.05) is 13.8 Å². The maximum Gasteiger partial charge on any atom is 0.320 e. The zero-order valence-electron chi connectivity index (χ0n) is 9.23. The van der Waals surface area contributed by atoms with Gasteiger partial charge in [0.2, 0.25) is 0 Å². The second-order valence-electron chi connectivity index (χ2n) is 5.45. The summed E-state index contributed by atoms with van der Waals surface area (Å²) in [7, 11) is 0. The number of nitrogens with one attached hydrogen (secondary N) is 1. The fourth-order valence-corrected chi connectivity index (χ4v) is 2.24. The highest BCUT2D eigenvalue weighted by Gasteiger charge is 2.50. The van der Waals surface area contributed by atoms with Gasteiger partial charge < -0.3 is 15.5 Å². The molecule has 3 unspecified atom stereocenters. The van der Waals surface area contributed by atoms with E-state index in [0.717, 1.165) is 12.8 Å². The fourth-order valence-electron chi connectivity index (χ4n) is 2.24. The molecule has 3 atom stereocenters. The van der Waals surface area contributed by atoms with E-state index in [9.17, 15) is 9.90 Å². The summed E-state index contributed by atoms with van der Waals surface area (Å²) in [5.41, 5.74) is -0.192. The van der Waals surface area contributed by atoms with E-state index in [0.29, 0.717) is 12.3 Å². The first-order valence-electron chi connectivity index (χ1n) is 5.60. The van der Waals surface area contributed by atoms with Gasteiger partial charge in [0.1, 0.15) is 6.04 Å². The average Bonchev–Trinajstić information content (AvgIpc) is 2.94. The van der Waals surface area contributed by atoms with Crippen molar-refractivity contribution >= 4 is 5.97 Å². The highest BCUT2D eigenvalue weighted by molar-refractivity contribution is 5.74.